The third-order valence-electron chi connectivity index (χ3n) is 7.08. The molecule has 0 saturated carbocycles. The zero-order valence-electron chi connectivity index (χ0n) is 20.1. The lowest BCUT2D eigenvalue weighted by Crippen LogP contribution is -2.41. The molecule has 1 saturated heterocycles. The Labute approximate surface area is 216 Å². The van der Waals surface area contributed by atoms with Crippen molar-refractivity contribution in [3.05, 3.63) is 82.5 Å². The van der Waals surface area contributed by atoms with Crippen LogP contribution in [-0.2, 0) is 16.3 Å². The zero-order valence-corrected chi connectivity index (χ0v) is 21.7. The van der Waals surface area contributed by atoms with Gasteiger partial charge in [-0.1, -0.05) is 29.8 Å². The van der Waals surface area contributed by atoms with Gasteiger partial charge < -0.3 is 15.2 Å². The molecule has 0 spiro atoms. The van der Waals surface area contributed by atoms with E-state index >= 15 is 0 Å². The lowest BCUT2D eigenvalue weighted by molar-refractivity contribution is 0.00392. The molecule has 5 rings (SSSR count). The molecule has 2 aromatic carbocycles. The van der Waals surface area contributed by atoms with Crippen molar-refractivity contribution in [1.82, 2.24) is 10.3 Å². The molecule has 3 aromatic rings. The number of allylic oxidation sites excluding steroid dienone is 2. The highest BCUT2D eigenvalue weighted by Crippen LogP contribution is 2.44. The summed E-state index contributed by atoms with van der Waals surface area (Å²) in [4.78, 5) is 4.74. The van der Waals surface area contributed by atoms with E-state index in [4.69, 9.17) is 16.3 Å². The van der Waals surface area contributed by atoms with E-state index in [9.17, 15) is 13.5 Å². The Morgan fingerprint density at radius 1 is 1.11 bits per heavy atom. The Morgan fingerprint density at radius 2 is 1.86 bits per heavy atom. The van der Waals surface area contributed by atoms with Crippen LogP contribution in [0.4, 0.5) is 0 Å². The van der Waals surface area contributed by atoms with Crippen molar-refractivity contribution in [2.45, 2.75) is 42.6 Å². The van der Waals surface area contributed by atoms with Crippen LogP contribution in [0, 0.1) is 0 Å². The molecule has 0 amide bonds. The van der Waals surface area contributed by atoms with Crippen molar-refractivity contribution in [1.29, 1.82) is 0 Å². The molecule has 1 fully saturated rings. The topological polar surface area (TPSA) is 88.5 Å². The molecule has 2 N–H and O–H groups in total. The smallest absolute Gasteiger partial charge is 0.226 e. The van der Waals surface area contributed by atoms with E-state index in [0.29, 0.717) is 54.3 Å². The maximum absolute atomic E-state index is 12.7. The highest BCUT2D eigenvalue weighted by molar-refractivity contribution is 7.90. The van der Waals surface area contributed by atoms with Gasteiger partial charge in [-0.25, -0.2) is 13.4 Å². The molecule has 3 heterocycles. The number of fused-ring (bicyclic) bond motifs is 2. The average Bonchev–Trinajstić information content (AvgIpc) is 3.02. The van der Waals surface area contributed by atoms with E-state index in [-0.39, 0.29) is 4.90 Å². The summed E-state index contributed by atoms with van der Waals surface area (Å²) in [6, 6.07) is 16.6. The number of ether oxygens (including phenoxy) is 1. The number of hydrogen-bond acceptors (Lipinski definition) is 6. The van der Waals surface area contributed by atoms with Gasteiger partial charge >= 0.3 is 0 Å². The number of pyridine rings is 1. The van der Waals surface area contributed by atoms with E-state index in [1.54, 1.807) is 24.4 Å². The molecule has 188 valence electrons. The van der Waals surface area contributed by atoms with E-state index < -0.39 is 15.4 Å². The monoisotopic (exact) mass is 524 g/mol. The number of nitrogens with one attached hydrogen (secondary N) is 1. The van der Waals surface area contributed by atoms with Crippen molar-refractivity contribution in [2.24, 2.45) is 0 Å². The summed E-state index contributed by atoms with van der Waals surface area (Å²) in [5.41, 5.74) is 3.61. The number of rotatable bonds is 5. The minimum atomic E-state index is -3.49. The third-order valence-corrected chi connectivity index (χ3v) is 8.51. The summed E-state index contributed by atoms with van der Waals surface area (Å²) in [6.07, 6.45) is 5.83. The molecule has 1 aromatic heterocycles. The SMILES string of the molecule is CS(=O)(=O)c1cccc2c1CC(=C(CCC1(O)CCNCC1)c1ccc(Cl)cc1)c1cccnc1O2. The van der Waals surface area contributed by atoms with Crippen LogP contribution in [0.1, 0.15) is 42.4 Å². The third kappa shape index (κ3) is 5.20. The number of hydrogen-bond donors (Lipinski definition) is 2. The second kappa shape index (κ2) is 9.98. The molecule has 0 unspecified atom stereocenters. The second-order valence-corrected chi connectivity index (χ2v) is 12.0. The van der Waals surface area contributed by atoms with E-state index in [0.717, 1.165) is 35.4 Å². The van der Waals surface area contributed by atoms with Crippen LogP contribution in [0.25, 0.3) is 11.1 Å². The zero-order chi connectivity index (χ0) is 25.3. The first-order valence-corrected chi connectivity index (χ1v) is 14.4. The maximum atomic E-state index is 12.7. The first kappa shape index (κ1) is 25.0. The Morgan fingerprint density at radius 3 is 2.58 bits per heavy atom. The molecule has 0 atom stereocenters. The van der Waals surface area contributed by atoms with E-state index in [2.05, 4.69) is 10.3 Å². The number of aliphatic hydroxyl groups is 1. The second-order valence-electron chi connectivity index (χ2n) is 9.58. The molecule has 2 aliphatic heterocycles. The van der Waals surface area contributed by atoms with Crippen LogP contribution in [-0.4, -0.2) is 43.5 Å². The van der Waals surface area contributed by atoms with Crippen LogP contribution >= 0.6 is 11.6 Å². The summed E-state index contributed by atoms with van der Waals surface area (Å²) in [5.74, 6) is 0.921. The molecule has 36 heavy (non-hydrogen) atoms. The molecule has 6 nitrogen and oxygen atoms in total. The number of halogens is 1. The molecular formula is C28H29ClN2O4S. The van der Waals surface area contributed by atoms with E-state index in [1.807, 2.05) is 36.4 Å². The fourth-order valence-electron chi connectivity index (χ4n) is 5.13. The molecule has 0 bridgehead atoms. The van der Waals surface area contributed by atoms with Crippen LogP contribution < -0.4 is 10.1 Å². The number of piperidine rings is 1. The largest absolute Gasteiger partial charge is 0.438 e. The standard InChI is InChI=1S/C28H29ClN2O4S/c1-36(33,34)26-6-2-5-25-24(26)18-23(22-4-3-15-31-27(22)35-25)21(19-7-9-20(29)10-8-19)11-12-28(32)13-16-30-17-14-28/h2-10,15,30,32H,11-14,16-18H2,1H3. The summed E-state index contributed by atoms with van der Waals surface area (Å²) < 4.78 is 31.6. The summed E-state index contributed by atoms with van der Waals surface area (Å²) in [6.45, 7) is 1.57. The van der Waals surface area contributed by atoms with Crippen molar-refractivity contribution >= 4 is 32.6 Å². The summed E-state index contributed by atoms with van der Waals surface area (Å²) >= 11 is 6.21. The molecular weight excluding hydrogens is 496 g/mol. The summed E-state index contributed by atoms with van der Waals surface area (Å²) in [7, 11) is -3.49. The predicted octanol–water partition coefficient (Wildman–Crippen LogP) is 5.29. The first-order chi connectivity index (χ1) is 17.2. The van der Waals surface area contributed by atoms with Gasteiger partial charge in [0.1, 0.15) is 5.75 Å². The summed E-state index contributed by atoms with van der Waals surface area (Å²) in [5, 5.41) is 15.2. The Kier molecular flexibility index (Phi) is 6.92. The number of aromatic nitrogens is 1. The van der Waals surface area contributed by atoms with Crippen molar-refractivity contribution in [3.63, 3.8) is 0 Å². The van der Waals surface area contributed by atoms with Gasteiger partial charge in [0.25, 0.3) is 0 Å². The Hall–Kier alpha value is -2.71. The van der Waals surface area contributed by atoms with Crippen LogP contribution in [0.15, 0.2) is 65.7 Å². The van der Waals surface area contributed by atoms with Gasteiger partial charge in [0.05, 0.1) is 10.5 Å². The fourth-order valence-corrected chi connectivity index (χ4v) is 6.20. The molecule has 0 radical (unpaired) electrons. The van der Waals surface area contributed by atoms with Gasteiger partial charge in [-0.15, -0.1) is 0 Å². The average molecular weight is 525 g/mol. The van der Waals surface area contributed by atoms with Gasteiger partial charge in [-0.05, 0) is 91.9 Å². The van der Waals surface area contributed by atoms with Crippen LogP contribution in [0.2, 0.25) is 5.02 Å². The molecule has 2 aliphatic rings. The minimum Gasteiger partial charge on any atom is -0.438 e. The number of sulfone groups is 1. The van der Waals surface area contributed by atoms with Crippen LogP contribution in [0.5, 0.6) is 11.6 Å². The highest BCUT2D eigenvalue weighted by atomic mass is 35.5. The minimum absolute atomic E-state index is 0.248. The van der Waals surface area contributed by atoms with Crippen LogP contribution in [0.3, 0.4) is 0 Å². The van der Waals surface area contributed by atoms with E-state index in [1.165, 1.54) is 6.26 Å². The van der Waals surface area contributed by atoms with Gasteiger partial charge in [-0.3, -0.25) is 0 Å². The van der Waals surface area contributed by atoms with Crippen molar-refractivity contribution in [3.8, 4) is 11.6 Å². The van der Waals surface area contributed by atoms with Gasteiger partial charge in [0.2, 0.25) is 5.88 Å². The quantitative estimate of drug-likeness (QED) is 0.471. The van der Waals surface area contributed by atoms with Crippen molar-refractivity contribution in [2.75, 3.05) is 19.3 Å². The molecule has 0 aliphatic carbocycles. The van der Waals surface area contributed by atoms with Gasteiger partial charge in [0.15, 0.2) is 9.84 Å². The maximum Gasteiger partial charge on any atom is 0.226 e. The normalized spacial score (nSPS) is 18.4. The van der Waals surface area contributed by atoms with Crippen molar-refractivity contribution < 1.29 is 18.3 Å². The Balaban J connectivity index is 1.71. The number of nitrogens with zero attached hydrogens (tertiary/aromatic N) is 1. The Bertz CT molecular complexity index is 1410. The molecule has 8 heteroatoms. The van der Waals surface area contributed by atoms with Gasteiger partial charge in [-0.2, -0.15) is 0 Å². The predicted molar refractivity (Wildman–Crippen MR) is 142 cm³/mol. The lowest BCUT2D eigenvalue weighted by Gasteiger charge is -2.33. The number of benzene rings is 2. The lowest BCUT2D eigenvalue weighted by atomic mass is 9.82. The van der Waals surface area contributed by atoms with Gasteiger partial charge in [0, 0.05) is 35.0 Å². The first-order valence-electron chi connectivity index (χ1n) is 12.1. The fraction of sp³-hybridized carbons (Fsp3) is 0.321. The highest BCUT2D eigenvalue weighted by Gasteiger charge is 2.31.